The van der Waals surface area contributed by atoms with Gasteiger partial charge in [-0.2, -0.15) is 0 Å². The highest BCUT2D eigenvalue weighted by Gasteiger charge is 2.24. The van der Waals surface area contributed by atoms with Gasteiger partial charge >= 0.3 is 0 Å². The molecule has 3 N–H and O–H groups in total. The Bertz CT molecular complexity index is 441. The first-order valence-corrected chi connectivity index (χ1v) is 7.05. The molecule has 0 bridgehead atoms. The molecule has 0 fully saturated rings. The second-order valence-corrected chi connectivity index (χ2v) is 5.88. The van der Waals surface area contributed by atoms with Crippen molar-refractivity contribution in [2.45, 2.75) is 18.8 Å². The summed E-state index contributed by atoms with van der Waals surface area (Å²) in [5, 5.41) is 8.70. The lowest BCUT2D eigenvalue weighted by Gasteiger charge is -2.17. The molecule has 0 saturated carbocycles. The largest absolute Gasteiger partial charge is 0.475 e. The molecule has 1 aromatic rings. The van der Waals surface area contributed by atoms with Crippen LogP contribution in [0.15, 0.2) is 24.3 Å². The molecule has 6 heteroatoms. The first-order valence-electron chi connectivity index (χ1n) is 5.34. The molecule has 0 aliphatic carbocycles. The lowest BCUT2D eigenvalue weighted by molar-refractivity contribution is 0.264. The third kappa shape index (κ3) is 3.90. The van der Waals surface area contributed by atoms with E-state index >= 15 is 0 Å². The molecule has 96 valence electrons. The predicted octanol–water partition coefficient (Wildman–Crippen LogP) is 0.791. The van der Waals surface area contributed by atoms with E-state index < -0.39 is 21.9 Å². The first kappa shape index (κ1) is 13.8. The summed E-state index contributed by atoms with van der Waals surface area (Å²) in [5.74, 6) is 0.160. The van der Waals surface area contributed by atoms with Crippen molar-refractivity contribution in [2.24, 2.45) is 0 Å². The van der Waals surface area contributed by atoms with Crippen LogP contribution in [0, 0.1) is 0 Å². The standard InChI is InChI=1S/C11H17NO4S/c1-2-11(17(14,15)8-7-13)16-10-5-3-9(12)4-6-10/h3-6,11,13H,2,7-8,12H2,1H3. The molecule has 5 nitrogen and oxygen atoms in total. The minimum absolute atomic E-state index is 0.291. The van der Waals surface area contributed by atoms with Crippen LogP contribution in [0.3, 0.4) is 0 Å². The van der Waals surface area contributed by atoms with E-state index in [-0.39, 0.29) is 5.75 Å². The molecule has 0 amide bonds. The van der Waals surface area contributed by atoms with Crippen molar-refractivity contribution in [3.05, 3.63) is 24.3 Å². The molecule has 0 radical (unpaired) electrons. The van der Waals surface area contributed by atoms with Crippen LogP contribution in [0.5, 0.6) is 5.75 Å². The van der Waals surface area contributed by atoms with Crippen molar-refractivity contribution in [3.63, 3.8) is 0 Å². The molecule has 0 spiro atoms. The number of hydrogen-bond donors (Lipinski definition) is 2. The highest BCUT2D eigenvalue weighted by molar-refractivity contribution is 7.91. The average molecular weight is 259 g/mol. The summed E-state index contributed by atoms with van der Waals surface area (Å²) in [6, 6.07) is 6.51. The summed E-state index contributed by atoms with van der Waals surface area (Å²) in [6.45, 7) is 1.32. The molecule has 0 saturated heterocycles. The summed E-state index contributed by atoms with van der Waals surface area (Å²) in [4.78, 5) is 0. The molecule has 1 rings (SSSR count). The van der Waals surface area contributed by atoms with Gasteiger partial charge in [-0.15, -0.1) is 0 Å². The van der Waals surface area contributed by atoms with Gasteiger partial charge in [-0.05, 0) is 30.7 Å². The number of sulfone groups is 1. The summed E-state index contributed by atoms with van der Waals surface area (Å²) < 4.78 is 28.8. The van der Waals surface area contributed by atoms with Gasteiger partial charge in [-0.25, -0.2) is 8.42 Å². The number of hydrogen-bond acceptors (Lipinski definition) is 5. The van der Waals surface area contributed by atoms with Crippen LogP contribution in [0.1, 0.15) is 13.3 Å². The van der Waals surface area contributed by atoms with E-state index in [0.29, 0.717) is 17.9 Å². The van der Waals surface area contributed by atoms with Crippen LogP contribution in [0.25, 0.3) is 0 Å². The molecule has 17 heavy (non-hydrogen) atoms. The number of nitrogen functional groups attached to an aromatic ring is 1. The van der Waals surface area contributed by atoms with Crippen LogP contribution in [-0.2, 0) is 9.84 Å². The molecule has 0 aromatic heterocycles. The summed E-state index contributed by atoms with van der Waals surface area (Å²) in [7, 11) is -3.43. The summed E-state index contributed by atoms with van der Waals surface area (Å²) >= 11 is 0. The molecule has 0 aliphatic rings. The Morgan fingerprint density at radius 2 is 1.94 bits per heavy atom. The van der Waals surface area contributed by atoms with E-state index in [9.17, 15) is 8.42 Å². The summed E-state index contributed by atoms with van der Waals surface area (Å²) in [5.41, 5.74) is 5.17. The first-order chi connectivity index (χ1) is 7.99. The second kappa shape index (κ2) is 5.88. The number of aliphatic hydroxyl groups is 1. The number of nitrogens with two attached hydrogens (primary N) is 1. The Balaban J connectivity index is 2.80. The maximum Gasteiger partial charge on any atom is 0.198 e. The molecule has 1 aromatic carbocycles. The SMILES string of the molecule is CCC(Oc1ccc(N)cc1)S(=O)(=O)CCO. The highest BCUT2D eigenvalue weighted by atomic mass is 32.2. The zero-order chi connectivity index (χ0) is 12.9. The van der Waals surface area contributed by atoms with Crippen LogP contribution in [0.4, 0.5) is 5.69 Å². The van der Waals surface area contributed by atoms with Gasteiger partial charge in [0.15, 0.2) is 15.3 Å². The van der Waals surface area contributed by atoms with Crippen molar-refractivity contribution in [1.82, 2.24) is 0 Å². The van der Waals surface area contributed by atoms with Crippen LogP contribution >= 0.6 is 0 Å². The Morgan fingerprint density at radius 1 is 1.35 bits per heavy atom. The number of anilines is 1. The van der Waals surface area contributed by atoms with Crippen molar-refractivity contribution < 1.29 is 18.3 Å². The van der Waals surface area contributed by atoms with E-state index in [2.05, 4.69) is 0 Å². The Hall–Kier alpha value is -1.27. The third-order valence-corrected chi connectivity index (χ3v) is 4.24. The fourth-order valence-electron chi connectivity index (χ4n) is 1.37. The lowest BCUT2D eigenvalue weighted by atomic mass is 10.3. The van der Waals surface area contributed by atoms with E-state index in [0.717, 1.165) is 0 Å². The second-order valence-electron chi connectivity index (χ2n) is 3.62. The minimum Gasteiger partial charge on any atom is -0.475 e. The molecule has 1 atom stereocenters. The number of rotatable bonds is 6. The Labute approximate surface area is 101 Å². The molecule has 0 aliphatic heterocycles. The van der Waals surface area contributed by atoms with E-state index in [4.69, 9.17) is 15.6 Å². The van der Waals surface area contributed by atoms with Gasteiger partial charge < -0.3 is 15.6 Å². The fraction of sp³-hybridized carbons (Fsp3) is 0.455. The van der Waals surface area contributed by atoms with Crippen molar-refractivity contribution in [2.75, 3.05) is 18.1 Å². The Kier molecular flexibility index (Phi) is 4.77. The van der Waals surface area contributed by atoms with Crippen molar-refractivity contribution >= 4 is 15.5 Å². The monoisotopic (exact) mass is 259 g/mol. The maximum absolute atomic E-state index is 11.7. The molecule has 0 heterocycles. The maximum atomic E-state index is 11.7. The molecular formula is C11H17NO4S. The zero-order valence-corrected chi connectivity index (χ0v) is 10.5. The number of aliphatic hydroxyl groups excluding tert-OH is 1. The summed E-state index contributed by atoms with van der Waals surface area (Å²) in [6.07, 6.45) is 0.326. The Morgan fingerprint density at radius 3 is 2.41 bits per heavy atom. The van der Waals surface area contributed by atoms with Crippen molar-refractivity contribution in [3.8, 4) is 5.75 Å². The predicted molar refractivity (Wildman–Crippen MR) is 66.4 cm³/mol. The quantitative estimate of drug-likeness (QED) is 0.737. The van der Waals surface area contributed by atoms with Crippen molar-refractivity contribution in [1.29, 1.82) is 0 Å². The average Bonchev–Trinajstić information content (AvgIpc) is 2.28. The zero-order valence-electron chi connectivity index (χ0n) is 9.67. The van der Waals surface area contributed by atoms with Gasteiger partial charge in [-0.3, -0.25) is 0 Å². The van der Waals surface area contributed by atoms with Crippen LogP contribution in [0.2, 0.25) is 0 Å². The van der Waals surface area contributed by atoms with Crippen LogP contribution < -0.4 is 10.5 Å². The van der Waals surface area contributed by atoms with Gasteiger partial charge in [-0.1, -0.05) is 6.92 Å². The third-order valence-electron chi connectivity index (χ3n) is 2.26. The normalized spacial score (nSPS) is 13.3. The van der Waals surface area contributed by atoms with Gasteiger partial charge in [0.2, 0.25) is 0 Å². The van der Waals surface area contributed by atoms with Gasteiger partial charge in [0.1, 0.15) is 5.75 Å². The smallest absolute Gasteiger partial charge is 0.198 e. The van der Waals surface area contributed by atoms with Crippen LogP contribution in [-0.4, -0.2) is 31.3 Å². The molecular weight excluding hydrogens is 242 g/mol. The number of benzene rings is 1. The van der Waals surface area contributed by atoms with Gasteiger partial charge in [0.05, 0.1) is 12.4 Å². The highest BCUT2D eigenvalue weighted by Crippen LogP contribution is 2.18. The van der Waals surface area contributed by atoms with Gasteiger partial charge in [0.25, 0.3) is 0 Å². The molecule has 1 unspecified atom stereocenters. The lowest BCUT2D eigenvalue weighted by Crippen LogP contribution is -2.30. The fourth-order valence-corrected chi connectivity index (χ4v) is 2.65. The van der Waals surface area contributed by atoms with E-state index in [1.807, 2.05) is 0 Å². The van der Waals surface area contributed by atoms with E-state index in [1.165, 1.54) is 0 Å². The number of ether oxygens (including phenoxy) is 1. The van der Waals surface area contributed by atoms with Gasteiger partial charge in [0, 0.05) is 5.69 Å². The minimum atomic E-state index is -3.43. The topological polar surface area (TPSA) is 89.6 Å². The van der Waals surface area contributed by atoms with E-state index in [1.54, 1.807) is 31.2 Å².